The highest BCUT2D eigenvalue weighted by Crippen LogP contribution is 2.30. The van der Waals surface area contributed by atoms with Gasteiger partial charge in [-0.15, -0.1) is 0 Å². The van der Waals surface area contributed by atoms with Crippen LogP contribution in [0.4, 0.5) is 0 Å². The summed E-state index contributed by atoms with van der Waals surface area (Å²) in [6.07, 6.45) is 0.725. The van der Waals surface area contributed by atoms with Crippen molar-refractivity contribution in [3.8, 4) is 0 Å². The zero-order chi connectivity index (χ0) is 28.9. The summed E-state index contributed by atoms with van der Waals surface area (Å²) >= 11 is 3.47. The van der Waals surface area contributed by atoms with E-state index in [1.54, 1.807) is 12.1 Å². The molecule has 40 heavy (non-hydrogen) atoms. The second-order valence-corrected chi connectivity index (χ2v) is 12.5. The standard InChI is InChI=1S/C30H32BrN3O5S/c1-3-21(2)32-29(36)26(19-22-10-5-4-6-11-22)33(20-23-12-9-13-24(31)18-23)28(35)16-17-34-30(37)25-14-7-8-15-27(25)40(34,38)39/h4-15,18,21,26H,3,16-17,19-20H2,1-2H3,(H,32,36)/t21-,26+/m0/s1. The van der Waals surface area contributed by atoms with Gasteiger partial charge >= 0.3 is 0 Å². The van der Waals surface area contributed by atoms with Crippen molar-refractivity contribution in [1.29, 1.82) is 0 Å². The van der Waals surface area contributed by atoms with Crippen molar-refractivity contribution < 1.29 is 22.8 Å². The number of hydrogen-bond acceptors (Lipinski definition) is 5. The number of halogens is 1. The Kier molecular flexibility index (Phi) is 9.42. The van der Waals surface area contributed by atoms with E-state index < -0.39 is 27.9 Å². The molecule has 3 aromatic rings. The quantitative estimate of drug-likeness (QED) is 0.337. The first-order valence-electron chi connectivity index (χ1n) is 13.2. The molecular weight excluding hydrogens is 594 g/mol. The van der Waals surface area contributed by atoms with Crippen molar-refractivity contribution in [1.82, 2.24) is 14.5 Å². The van der Waals surface area contributed by atoms with Crippen LogP contribution in [0, 0.1) is 0 Å². The molecule has 0 aromatic heterocycles. The fourth-order valence-corrected chi connectivity index (χ4v) is 6.64. The average Bonchev–Trinajstić information content (AvgIpc) is 3.14. The molecule has 10 heteroatoms. The molecule has 210 valence electrons. The number of carbonyl (C=O) groups excluding carboxylic acids is 3. The van der Waals surface area contributed by atoms with Gasteiger partial charge in [-0.25, -0.2) is 12.7 Å². The van der Waals surface area contributed by atoms with E-state index in [0.29, 0.717) is 0 Å². The lowest BCUT2D eigenvalue weighted by Crippen LogP contribution is -2.52. The third-order valence-electron chi connectivity index (χ3n) is 6.95. The second kappa shape index (κ2) is 12.8. The summed E-state index contributed by atoms with van der Waals surface area (Å²) < 4.78 is 27.7. The van der Waals surface area contributed by atoms with Gasteiger partial charge in [-0.05, 0) is 48.7 Å². The molecule has 2 atom stereocenters. The lowest BCUT2D eigenvalue weighted by atomic mass is 10.0. The normalized spacial score (nSPS) is 15.3. The predicted molar refractivity (Wildman–Crippen MR) is 156 cm³/mol. The average molecular weight is 627 g/mol. The maximum atomic E-state index is 13.9. The molecule has 4 rings (SSSR count). The highest BCUT2D eigenvalue weighted by molar-refractivity contribution is 9.10. The zero-order valence-electron chi connectivity index (χ0n) is 22.4. The van der Waals surface area contributed by atoms with Gasteiger partial charge in [0, 0.05) is 36.4 Å². The monoisotopic (exact) mass is 625 g/mol. The number of sulfonamides is 1. The van der Waals surface area contributed by atoms with Gasteiger partial charge in [-0.1, -0.05) is 77.5 Å². The van der Waals surface area contributed by atoms with Crippen molar-refractivity contribution in [3.63, 3.8) is 0 Å². The van der Waals surface area contributed by atoms with Crippen molar-refractivity contribution in [2.45, 2.75) is 56.6 Å². The first-order chi connectivity index (χ1) is 19.1. The maximum absolute atomic E-state index is 13.9. The minimum atomic E-state index is -4.06. The van der Waals surface area contributed by atoms with Crippen LogP contribution >= 0.6 is 15.9 Å². The molecule has 0 radical (unpaired) electrons. The van der Waals surface area contributed by atoms with Crippen LogP contribution in [0.1, 0.15) is 48.2 Å². The molecular formula is C30H32BrN3O5S. The van der Waals surface area contributed by atoms with Crippen LogP contribution in [0.5, 0.6) is 0 Å². The lowest BCUT2D eigenvalue weighted by Gasteiger charge is -2.33. The molecule has 1 N–H and O–H groups in total. The fraction of sp³-hybridized carbons (Fsp3) is 0.300. The summed E-state index contributed by atoms with van der Waals surface area (Å²) in [5.41, 5.74) is 1.77. The van der Waals surface area contributed by atoms with Crippen LogP contribution in [-0.4, -0.2) is 54.0 Å². The van der Waals surface area contributed by atoms with Gasteiger partial charge in [0.2, 0.25) is 11.8 Å². The summed E-state index contributed by atoms with van der Waals surface area (Å²) in [5, 5.41) is 3.01. The van der Waals surface area contributed by atoms with Crippen LogP contribution in [-0.2, 0) is 32.6 Å². The number of hydrogen-bond donors (Lipinski definition) is 1. The van der Waals surface area contributed by atoms with Crippen LogP contribution in [0.2, 0.25) is 0 Å². The molecule has 0 bridgehead atoms. The predicted octanol–water partition coefficient (Wildman–Crippen LogP) is 4.54. The van der Waals surface area contributed by atoms with E-state index in [9.17, 15) is 22.8 Å². The molecule has 8 nitrogen and oxygen atoms in total. The molecule has 1 aliphatic rings. The largest absolute Gasteiger partial charge is 0.352 e. The highest BCUT2D eigenvalue weighted by Gasteiger charge is 2.41. The third kappa shape index (κ3) is 6.62. The molecule has 0 unspecified atom stereocenters. The first kappa shape index (κ1) is 29.5. The smallest absolute Gasteiger partial charge is 0.269 e. The van der Waals surface area contributed by atoms with Gasteiger partial charge < -0.3 is 10.2 Å². The van der Waals surface area contributed by atoms with E-state index >= 15 is 0 Å². The van der Waals surface area contributed by atoms with Crippen molar-refractivity contribution >= 4 is 43.7 Å². The number of fused-ring (bicyclic) bond motifs is 1. The summed E-state index contributed by atoms with van der Waals surface area (Å²) in [6.45, 7) is 3.67. The number of carbonyl (C=O) groups is 3. The number of amides is 3. The van der Waals surface area contributed by atoms with Crippen LogP contribution in [0.15, 0.2) is 88.2 Å². The van der Waals surface area contributed by atoms with Crippen molar-refractivity contribution in [3.05, 3.63) is 100 Å². The lowest BCUT2D eigenvalue weighted by molar-refractivity contribution is -0.141. The number of rotatable bonds is 11. The molecule has 0 saturated carbocycles. The van der Waals surface area contributed by atoms with E-state index in [-0.39, 0.29) is 48.3 Å². The number of nitrogens with one attached hydrogen (secondary N) is 1. The molecule has 0 fully saturated rings. The van der Waals surface area contributed by atoms with Crippen LogP contribution in [0.3, 0.4) is 0 Å². The number of nitrogens with zero attached hydrogens (tertiary/aromatic N) is 2. The Morgan fingerprint density at radius 1 is 0.975 bits per heavy atom. The summed E-state index contributed by atoms with van der Waals surface area (Å²) in [5.74, 6) is -1.38. The Balaban J connectivity index is 1.64. The molecule has 3 aromatic carbocycles. The minimum Gasteiger partial charge on any atom is -0.352 e. The topological polar surface area (TPSA) is 104 Å². The fourth-order valence-electron chi connectivity index (χ4n) is 4.62. The third-order valence-corrected chi connectivity index (χ3v) is 9.29. The molecule has 1 heterocycles. The van der Waals surface area contributed by atoms with Gasteiger partial charge in [0.05, 0.1) is 5.56 Å². The Morgan fingerprint density at radius 2 is 1.65 bits per heavy atom. The minimum absolute atomic E-state index is 0.0617. The Morgan fingerprint density at radius 3 is 2.33 bits per heavy atom. The molecule has 0 saturated heterocycles. The van der Waals surface area contributed by atoms with E-state index in [0.717, 1.165) is 26.3 Å². The molecule has 3 amide bonds. The summed E-state index contributed by atoms with van der Waals surface area (Å²) in [4.78, 5) is 41.8. The summed E-state index contributed by atoms with van der Waals surface area (Å²) in [7, 11) is -4.06. The molecule has 0 spiro atoms. The van der Waals surface area contributed by atoms with E-state index in [2.05, 4.69) is 21.2 Å². The zero-order valence-corrected chi connectivity index (χ0v) is 24.8. The molecule has 0 aliphatic carbocycles. The van der Waals surface area contributed by atoms with E-state index in [1.807, 2.05) is 68.4 Å². The summed E-state index contributed by atoms with van der Waals surface area (Å²) in [6, 6.07) is 21.9. The SMILES string of the molecule is CC[C@H](C)NC(=O)[C@@H](Cc1ccccc1)N(Cc1cccc(Br)c1)C(=O)CCN1C(=O)c2ccccc2S1(=O)=O. The van der Waals surface area contributed by atoms with Gasteiger partial charge in [-0.3, -0.25) is 14.4 Å². The van der Waals surface area contributed by atoms with Gasteiger partial charge in [0.25, 0.3) is 15.9 Å². The van der Waals surface area contributed by atoms with Crippen molar-refractivity contribution in [2.75, 3.05) is 6.54 Å². The van der Waals surface area contributed by atoms with Crippen LogP contribution in [0.25, 0.3) is 0 Å². The van der Waals surface area contributed by atoms with Gasteiger partial charge in [0.15, 0.2) is 0 Å². The Hall–Kier alpha value is -3.50. The second-order valence-electron chi connectivity index (χ2n) is 9.80. The van der Waals surface area contributed by atoms with Gasteiger partial charge in [0.1, 0.15) is 10.9 Å². The highest BCUT2D eigenvalue weighted by atomic mass is 79.9. The number of benzene rings is 3. The van der Waals surface area contributed by atoms with Crippen molar-refractivity contribution in [2.24, 2.45) is 0 Å². The Bertz CT molecular complexity index is 1500. The van der Waals surface area contributed by atoms with Gasteiger partial charge in [-0.2, -0.15) is 0 Å². The van der Waals surface area contributed by atoms with E-state index in [1.165, 1.54) is 17.0 Å². The first-order valence-corrected chi connectivity index (χ1v) is 15.4. The van der Waals surface area contributed by atoms with Crippen LogP contribution < -0.4 is 5.32 Å². The van der Waals surface area contributed by atoms with E-state index in [4.69, 9.17) is 0 Å². The Labute approximate surface area is 243 Å². The maximum Gasteiger partial charge on any atom is 0.269 e. The molecule has 1 aliphatic heterocycles.